The monoisotopic (exact) mass is 369 g/mol. The first-order valence-electron chi connectivity index (χ1n) is 8.88. The molecule has 2 aliphatic rings. The summed E-state index contributed by atoms with van der Waals surface area (Å²) in [5.74, 6) is 1.79. The van der Waals surface area contributed by atoms with E-state index in [0.29, 0.717) is 18.1 Å². The lowest BCUT2D eigenvalue weighted by Gasteiger charge is -2.30. The van der Waals surface area contributed by atoms with Crippen LogP contribution in [0.5, 0.6) is 0 Å². The molecule has 2 saturated heterocycles. The van der Waals surface area contributed by atoms with Crippen molar-refractivity contribution >= 4 is 27.1 Å². The molecule has 1 unspecified atom stereocenters. The van der Waals surface area contributed by atoms with Crippen molar-refractivity contribution in [2.24, 2.45) is 10.9 Å². The number of nitrogens with one attached hydrogen (secondary N) is 1. The summed E-state index contributed by atoms with van der Waals surface area (Å²) in [6, 6.07) is 4.24. The smallest absolute Gasteiger partial charge is 0.193 e. The molecule has 1 aromatic rings. The first-order valence-corrected chi connectivity index (χ1v) is 11.6. The Labute approximate surface area is 149 Å². The van der Waals surface area contributed by atoms with Crippen LogP contribution in [0, 0.1) is 5.92 Å². The van der Waals surface area contributed by atoms with E-state index in [1.807, 2.05) is 0 Å². The molecule has 0 radical (unpaired) electrons. The molecule has 1 atom stereocenters. The number of likely N-dealkylation sites (tertiary alicyclic amines) is 1. The molecule has 0 saturated carbocycles. The van der Waals surface area contributed by atoms with Gasteiger partial charge in [0.1, 0.15) is 0 Å². The summed E-state index contributed by atoms with van der Waals surface area (Å²) in [5, 5.41) is 5.61. The predicted molar refractivity (Wildman–Crippen MR) is 101 cm³/mol. The number of sulfone groups is 1. The van der Waals surface area contributed by atoms with Gasteiger partial charge in [0.15, 0.2) is 15.8 Å². The number of rotatable bonds is 5. The maximum absolute atomic E-state index is 11.6. The molecule has 5 nitrogen and oxygen atoms in total. The topological polar surface area (TPSA) is 61.8 Å². The second-order valence-corrected chi connectivity index (χ2v) is 10.00. The zero-order valence-corrected chi connectivity index (χ0v) is 15.7. The van der Waals surface area contributed by atoms with Gasteiger partial charge < -0.3 is 10.2 Å². The number of thiophene rings is 1. The largest absolute Gasteiger partial charge is 0.356 e. The Balaban J connectivity index is 1.57. The van der Waals surface area contributed by atoms with Gasteiger partial charge in [0.25, 0.3) is 0 Å². The summed E-state index contributed by atoms with van der Waals surface area (Å²) in [5.41, 5.74) is 0. The average Bonchev–Trinajstić information content (AvgIpc) is 3.21. The number of nitrogens with zero attached hydrogens (tertiary/aromatic N) is 2. The highest BCUT2D eigenvalue weighted by atomic mass is 32.2. The maximum atomic E-state index is 11.6. The van der Waals surface area contributed by atoms with E-state index in [9.17, 15) is 8.42 Å². The summed E-state index contributed by atoms with van der Waals surface area (Å²) < 4.78 is 23.2. The predicted octanol–water partition coefficient (Wildman–Crippen LogP) is 2.16. The highest BCUT2D eigenvalue weighted by Gasteiger charge is 2.27. The maximum Gasteiger partial charge on any atom is 0.193 e. The van der Waals surface area contributed by atoms with Crippen LogP contribution in [0.25, 0.3) is 0 Å². The highest BCUT2D eigenvalue weighted by molar-refractivity contribution is 7.91. The van der Waals surface area contributed by atoms with Crippen molar-refractivity contribution < 1.29 is 8.42 Å². The average molecular weight is 370 g/mol. The van der Waals surface area contributed by atoms with Crippen molar-refractivity contribution in [1.29, 1.82) is 0 Å². The van der Waals surface area contributed by atoms with E-state index in [1.54, 1.807) is 11.3 Å². The van der Waals surface area contributed by atoms with Gasteiger partial charge in [0.2, 0.25) is 0 Å². The Hall–Kier alpha value is -1.08. The van der Waals surface area contributed by atoms with Gasteiger partial charge in [-0.3, -0.25) is 4.99 Å². The third-order valence-corrected chi connectivity index (χ3v) is 7.49. The Bertz CT molecular complexity index is 635. The third-order valence-electron chi connectivity index (χ3n) is 4.72. The van der Waals surface area contributed by atoms with E-state index < -0.39 is 9.84 Å². The van der Waals surface area contributed by atoms with E-state index >= 15 is 0 Å². The van der Waals surface area contributed by atoms with Crippen molar-refractivity contribution in [2.45, 2.75) is 32.1 Å². The van der Waals surface area contributed by atoms with Crippen LogP contribution < -0.4 is 5.32 Å². The van der Waals surface area contributed by atoms with Crippen LogP contribution in [0.3, 0.4) is 0 Å². The molecule has 0 aromatic carbocycles. The summed E-state index contributed by atoms with van der Waals surface area (Å²) in [6.45, 7) is 3.59. The van der Waals surface area contributed by atoms with Crippen molar-refractivity contribution in [3.8, 4) is 0 Å². The molecule has 1 N–H and O–H groups in total. The van der Waals surface area contributed by atoms with Crippen LogP contribution in [-0.2, 0) is 16.3 Å². The molecule has 3 rings (SSSR count). The van der Waals surface area contributed by atoms with Crippen LogP contribution in [0.2, 0.25) is 0 Å². The molecule has 0 aliphatic carbocycles. The molecule has 0 spiro atoms. The van der Waals surface area contributed by atoms with Crippen molar-refractivity contribution in [3.63, 3.8) is 0 Å². The fourth-order valence-electron chi connectivity index (χ4n) is 3.36. The third kappa shape index (κ3) is 5.21. The Morgan fingerprint density at radius 1 is 1.33 bits per heavy atom. The summed E-state index contributed by atoms with van der Waals surface area (Å²) in [4.78, 5) is 8.50. The molecule has 134 valence electrons. The molecule has 0 bridgehead atoms. The molecule has 0 amide bonds. The van der Waals surface area contributed by atoms with Gasteiger partial charge >= 0.3 is 0 Å². The molecule has 24 heavy (non-hydrogen) atoms. The number of hydrogen-bond acceptors (Lipinski definition) is 4. The Morgan fingerprint density at radius 2 is 2.17 bits per heavy atom. The fourth-order valence-corrected chi connectivity index (χ4v) is 5.92. The van der Waals surface area contributed by atoms with E-state index in [0.717, 1.165) is 38.4 Å². The molecule has 3 heterocycles. The number of guanidine groups is 1. The first kappa shape index (κ1) is 17.7. The zero-order valence-electron chi connectivity index (χ0n) is 14.1. The molecule has 1 aromatic heterocycles. The lowest BCUT2D eigenvalue weighted by atomic mass is 10.1. The highest BCUT2D eigenvalue weighted by Crippen LogP contribution is 2.19. The summed E-state index contributed by atoms with van der Waals surface area (Å²) in [6.07, 6.45) is 5.48. The normalized spacial score (nSPS) is 24.2. The zero-order chi connectivity index (χ0) is 16.8. The molecule has 7 heteroatoms. The SMILES string of the molecule is O=S1(=O)CCC(CN=C(NCCc2cccs2)N2CCCCC2)C1. The van der Waals surface area contributed by atoms with Crippen molar-refractivity contribution in [3.05, 3.63) is 22.4 Å². The van der Waals surface area contributed by atoms with Crippen molar-refractivity contribution in [2.75, 3.05) is 37.7 Å². The molecular formula is C17H27N3O2S2. The number of piperidine rings is 1. The van der Waals surface area contributed by atoms with Gasteiger partial charge in [0, 0.05) is 31.1 Å². The van der Waals surface area contributed by atoms with Gasteiger partial charge in [0.05, 0.1) is 11.5 Å². The van der Waals surface area contributed by atoms with Gasteiger partial charge in [-0.2, -0.15) is 0 Å². The van der Waals surface area contributed by atoms with E-state index in [-0.39, 0.29) is 5.92 Å². The van der Waals surface area contributed by atoms with Crippen LogP contribution in [0.1, 0.15) is 30.6 Å². The van der Waals surface area contributed by atoms with Crippen LogP contribution in [-0.4, -0.2) is 57.0 Å². The van der Waals surface area contributed by atoms with E-state index in [2.05, 4.69) is 27.7 Å². The van der Waals surface area contributed by atoms with Crippen molar-refractivity contribution in [1.82, 2.24) is 10.2 Å². The second kappa shape index (κ2) is 8.34. The Morgan fingerprint density at radius 3 is 2.83 bits per heavy atom. The van der Waals surface area contributed by atoms with Gasteiger partial charge in [-0.1, -0.05) is 6.07 Å². The summed E-state index contributed by atoms with van der Waals surface area (Å²) in [7, 11) is -2.82. The molecule has 2 aliphatic heterocycles. The minimum Gasteiger partial charge on any atom is -0.356 e. The van der Waals surface area contributed by atoms with Crippen LogP contribution >= 0.6 is 11.3 Å². The molecule has 2 fully saturated rings. The van der Waals surface area contributed by atoms with Crippen LogP contribution in [0.4, 0.5) is 0 Å². The van der Waals surface area contributed by atoms with Gasteiger partial charge in [-0.15, -0.1) is 11.3 Å². The first-order chi connectivity index (χ1) is 11.6. The minimum atomic E-state index is -2.82. The lowest BCUT2D eigenvalue weighted by Crippen LogP contribution is -2.45. The van der Waals surface area contributed by atoms with Gasteiger partial charge in [-0.25, -0.2) is 8.42 Å². The summed E-state index contributed by atoms with van der Waals surface area (Å²) >= 11 is 1.78. The molecular weight excluding hydrogens is 342 g/mol. The second-order valence-electron chi connectivity index (χ2n) is 6.74. The van der Waals surface area contributed by atoms with E-state index in [1.165, 1.54) is 24.1 Å². The quantitative estimate of drug-likeness (QED) is 0.638. The standard InChI is InChI=1S/C17H27N3O2S2/c21-24(22)12-7-15(14-24)13-19-17(20-9-2-1-3-10-20)18-8-6-16-5-4-11-23-16/h4-5,11,15H,1-3,6-10,12-14H2,(H,18,19). The Kier molecular flexibility index (Phi) is 6.16. The number of hydrogen-bond donors (Lipinski definition) is 1. The minimum absolute atomic E-state index is 0.189. The fraction of sp³-hybridized carbons (Fsp3) is 0.706. The van der Waals surface area contributed by atoms with Crippen LogP contribution in [0.15, 0.2) is 22.5 Å². The lowest BCUT2D eigenvalue weighted by molar-refractivity contribution is 0.330. The van der Waals surface area contributed by atoms with E-state index in [4.69, 9.17) is 4.99 Å². The number of aliphatic imine (C=N–C) groups is 1. The van der Waals surface area contributed by atoms with Gasteiger partial charge in [-0.05, 0) is 49.5 Å².